The van der Waals surface area contributed by atoms with E-state index in [4.69, 9.17) is 0 Å². The second kappa shape index (κ2) is 3.29. The standard InChI is InChI=1S/C10H10BNO2/c11-4-9(13)6-1-2-8-7(3-6)5-12-10(8)14/h1-3H,4-5,11H2,(H,12,14). The van der Waals surface area contributed by atoms with Crippen molar-refractivity contribution < 1.29 is 9.59 Å². The van der Waals surface area contributed by atoms with Gasteiger partial charge in [-0.2, -0.15) is 0 Å². The lowest BCUT2D eigenvalue weighted by atomic mass is 9.94. The number of carbonyl (C=O) groups excluding carboxylic acids is 2. The van der Waals surface area contributed by atoms with Gasteiger partial charge in [0.2, 0.25) is 0 Å². The van der Waals surface area contributed by atoms with Crippen molar-refractivity contribution in [2.45, 2.75) is 12.9 Å². The molecule has 1 aromatic carbocycles. The van der Waals surface area contributed by atoms with E-state index in [1.165, 1.54) is 0 Å². The molecule has 0 spiro atoms. The number of fused-ring (bicyclic) bond motifs is 1. The number of hydrogen-bond acceptors (Lipinski definition) is 2. The van der Waals surface area contributed by atoms with Crippen LogP contribution < -0.4 is 5.32 Å². The average Bonchev–Trinajstić information content (AvgIpc) is 2.59. The van der Waals surface area contributed by atoms with Crippen LogP contribution in [0.3, 0.4) is 0 Å². The molecule has 1 aliphatic heterocycles. The van der Waals surface area contributed by atoms with Gasteiger partial charge in [-0.25, -0.2) is 0 Å². The van der Waals surface area contributed by atoms with E-state index in [-0.39, 0.29) is 11.7 Å². The summed E-state index contributed by atoms with van der Waals surface area (Å²) >= 11 is 0. The van der Waals surface area contributed by atoms with Gasteiger partial charge in [0, 0.05) is 17.7 Å². The molecule has 14 heavy (non-hydrogen) atoms. The van der Waals surface area contributed by atoms with Crippen LogP contribution in [0.1, 0.15) is 26.3 Å². The van der Waals surface area contributed by atoms with E-state index in [1.807, 2.05) is 7.85 Å². The van der Waals surface area contributed by atoms with E-state index in [0.29, 0.717) is 24.0 Å². The van der Waals surface area contributed by atoms with Crippen molar-refractivity contribution in [2.75, 3.05) is 0 Å². The number of carbonyl (C=O) groups is 2. The van der Waals surface area contributed by atoms with Crippen LogP contribution in [0.15, 0.2) is 18.2 Å². The summed E-state index contributed by atoms with van der Waals surface area (Å²) in [4.78, 5) is 22.6. The second-order valence-electron chi connectivity index (χ2n) is 3.33. The Morgan fingerprint density at radius 2 is 2.29 bits per heavy atom. The van der Waals surface area contributed by atoms with E-state index >= 15 is 0 Å². The van der Waals surface area contributed by atoms with Crippen LogP contribution in [0.4, 0.5) is 0 Å². The lowest BCUT2D eigenvalue weighted by molar-refractivity contribution is 0.0964. The van der Waals surface area contributed by atoms with Gasteiger partial charge in [-0.05, 0) is 24.0 Å². The fourth-order valence-electron chi connectivity index (χ4n) is 1.61. The van der Waals surface area contributed by atoms with Crippen molar-refractivity contribution in [3.63, 3.8) is 0 Å². The quantitative estimate of drug-likeness (QED) is 0.529. The summed E-state index contributed by atoms with van der Waals surface area (Å²) in [6.45, 7) is 0.541. The molecule has 0 saturated carbocycles. The first-order chi connectivity index (χ1) is 6.72. The van der Waals surface area contributed by atoms with Gasteiger partial charge in [-0.1, -0.05) is 6.07 Å². The van der Waals surface area contributed by atoms with Crippen LogP contribution in [-0.4, -0.2) is 19.5 Å². The zero-order valence-corrected chi connectivity index (χ0v) is 7.96. The number of ketones is 1. The number of benzene rings is 1. The van der Waals surface area contributed by atoms with Crippen LogP contribution in [0.5, 0.6) is 0 Å². The molecule has 1 aromatic rings. The lowest BCUT2D eigenvalue weighted by Crippen LogP contribution is -2.12. The number of hydrogen-bond donors (Lipinski definition) is 1. The Labute approximate surface area is 82.9 Å². The smallest absolute Gasteiger partial charge is 0.251 e. The predicted octanol–water partition coefficient (Wildman–Crippen LogP) is 0.164. The molecule has 0 atom stereocenters. The summed E-state index contributed by atoms with van der Waals surface area (Å²) in [7, 11) is 1.83. The van der Waals surface area contributed by atoms with E-state index in [9.17, 15) is 9.59 Å². The number of Topliss-reactive ketones (excluding diaryl/α,β-unsaturated/α-hetero) is 1. The lowest BCUT2D eigenvalue weighted by Gasteiger charge is -2.00. The number of nitrogens with one attached hydrogen (secondary N) is 1. The molecule has 1 amide bonds. The van der Waals surface area contributed by atoms with Crippen LogP contribution in [0.2, 0.25) is 6.32 Å². The predicted molar refractivity (Wildman–Crippen MR) is 55.3 cm³/mol. The van der Waals surface area contributed by atoms with Gasteiger partial charge in [0.25, 0.3) is 5.91 Å². The Morgan fingerprint density at radius 3 is 3.00 bits per heavy atom. The Balaban J connectivity index is 2.42. The Kier molecular flexibility index (Phi) is 2.12. The molecular formula is C10H10BNO2. The summed E-state index contributed by atoms with van der Waals surface area (Å²) in [6, 6.07) is 5.25. The van der Waals surface area contributed by atoms with Crippen LogP contribution in [0, 0.1) is 0 Å². The molecule has 1 N–H and O–H groups in total. The van der Waals surface area contributed by atoms with Gasteiger partial charge in [-0.3, -0.25) is 9.59 Å². The second-order valence-corrected chi connectivity index (χ2v) is 3.33. The monoisotopic (exact) mass is 187 g/mol. The average molecular weight is 187 g/mol. The normalized spacial score (nSPS) is 13.6. The van der Waals surface area contributed by atoms with Gasteiger partial charge in [-0.15, -0.1) is 0 Å². The van der Waals surface area contributed by atoms with Gasteiger partial charge < -0.3 is 5.32 Å². The van der Waals surface area contributed by atoms with Gasteiger partial charge in [0.05, 0.1) is 0 Å². The fourth-order valence-corrected chi connectivity index (χ4v) is 1.61. The summed E-state index contributed by atoms with van der Waals surface area (Å²) < 4.78 is 0. The highest BCUT2D eigenvalue weighted by atomic mass is 16.2. The highest BCUT2D eigenvalue weighted by Crippen LogP contribution is 2.17. The van der Waals surface area contributed by atoms with Crippen LogP contribution in [-0.2, 0) is 6.54 Å². The van der Waals surface area contributed by atoms with Crippen molar-refractivity contribution >= 4 is 19.5 Å². The van der Waals surface area contributed by atoms with Crippen LogP contribution in [0.25, 0.3) is 0 Å². The first-order valence-electron chi connectivity index (χ1n) is 4.66. The summed E-state index contributed by atoms with van der Waals surface area (Å²) in [6.07, 6.45) is 0.500. The van der Waals surface area contributed by atoms with Crippen molar-refractivity contribution in [3.8, 4) is 0 Å². The molecule has 0 fully saturated rings. The number of rotatable bonds is 2. The minimum absolute atomic E-state index is 0.0458. The molecule has 0 radical (unpaired) electrons. The zero-order valence-electron chi connectivity index (χ0n) is 7.96. The summed E-state index contributed by atoms with van der Waals surface area (Å²) in [5.74, 6) is 0.0719. The van der Waals surface area contributed by atoms with E-state index in [0.717, 1.165) is 5.56 Å². The molecule has 0 bridgehead atoms. The number of amides is 1. The molecule has 1 aliphatic rings. The summed E-state index contributed by atoms with van der Waals surface area (Å²) in [5.41, 5.74) is 2.31. The Morgan fingerprint density at radius 1 is 1.50 bits per heavy atom. The minimum Gasteiger partial charge on any atom is -0.348 e. The SMILES string of the molecule is BCC(=O)c1ccc2c(c1)CNC2=O. The maximum atomic E-state index is 11.4. The van der Waals surface area contributed by atoms with Crippen molar-refractivity contribution in [3.05, 3.63) is 34.9 Å². The highest BCUT2D eigenvalue weighted by Gasteiger charge is 2.19. The maximum absolute atomic E-state index is 11.4. The van der Waals surface area contributed by atoms with Gasteiger partial charge in [0.15, 0.2) is 5.78 Å². The fraction of sp³-hybridized carbons (Fsp3) is 0.200. The molecule has 3 nitrogen and oxygen atoms in total. The van der Waals surface area contributed by atoms with Crippen molar-refractivity contribution in [2.24, 2.45) is 0 Å². The largest absolute Gasteiger partial charge is 0.348 e. The molecule has 70 valence electrons. The van der Waals surface area contributed by atoms with E-state index in [1.54, 1.807) is 18.2 Å². The molecule has 2 rings (SSSR count). The topological polar surface area (TPSA) is 46.2 Å². The molecule has 4 heteroatoms. The zero-order chi connectivity index (χ0) is 10.1. The third kappa shape index (κ3) is 1.33. The van der Waals surface area contributed by atoms with Crippen molar-refractivity contribution in [1.82, 2.24) is 5.32 Å². The molecule has 0 aromatic heterocycles. The van der Waals surface area contributed by atoms with Gasteiger partial charge >= 0.3 is 0 Å². The van der Waals surface area contributed by atoms with E-state index < -0.39 is 0 Å². The molecular weight excluding hydrogens is 177 g/mol. The minimum atomic E-state index is -0.0458. The Bertz CT molecular complexity index is 415. The third-order valence-corrected chi connectivity index (χ3v) is 2.43. The van der Waals surface area contributed by atoms with Crippen LogP contribution >= 0.6 is 0 Å². The first kappa shape index (κ1) is 9.00. The summed E-state index contributed by atoms with van der Waals surface area (Å²) in [5, 5.41) is 2.72. The van der Waals surface area contributed by atoms with Crippen molar-refractivity contribution in [1.29, 1.82) is 0 Å². The molecule has 0 unspecified atom stereocenters. The Hall–Kier alpha value is -1.58. The third-order valence-electron chi connectivity index (χ3n) is 2.43. The molecule has 0 saturated heterocycles. The first-order valence-corrected chi connectivity index (χ1v) is 4.66. The highest BCUT2D eigenvalue weighted by molar-refractivity contribution is 6.24. The van der Waals surface area contributed by atoms with Gasteiger partial charge in [0.1, 0.15) is 7.85 Å². The maximum Gasteiger partial charge on any atom is 0.251 e. The molecule has 0 aliphatic carbocycles. The molecule has 1 heterocycles. The van der Waals surface area contributed by atoms with E-state index in [2.05, 4.69) is 5.32 Å².